The Kier molecular flexibility index (Phi) is 3.13. The zero-order valence-electron chi connectivity index (χ0n) is 10.0. The smallest absolute Gasteiger partial charge is 0.251 e. The first-order chi connectivity index (χ1) is 8.06. The third-order valence-electron chi connectivity index (χ3n) is 2.94. The van der Waals surface area contributed by atoms with Crippen LogP contribution in [0.3, 0.4) is 0 Å². The van der Waals surface area contributed by atoms with E-state index in [1.165, 1.54) is 0 Å². The molecule has 1 heterocycles. The molecular weight excluding hydrogens is 216 g/mol. The average Bonchev–Trinajstić information content (AvgIpc) is 2.63. The van der Waals surface area contributed by atoms with Gasteiger partial charge in [-0.3, -0.25) is 9.59 Å². The lowest BCUT2D eigenvalue weighted by Gasteiger charge is -2.12. The van der Waals surface area contributed by atoms with Crippen LogP contribution < -0.4 is 10.6 Å². The van der Waals surface area contributed by atoms with Crippen LogP contribution in [-0.2, 0) is 4.79 Å². The molecule has 1 fully saturated rings. The summed E-state index contributed by atoms with van der Waals surface area (Å²) >= 11 is 0. The molecule has 1 aliphatic rings. The van der Waals surface area contributed by atoms with Crippen LogP contribution in [0.4, 0.5) is 0 Å². The van der Waals surface area contributed by atoms with Crippen molar-refractivity contribution < 1.29 is 9.59 Å². The van der Waals surface area contributed by atoms with Gasteiger partial charge in [0.05, 0.1) is 6.04 Å². The molecule has 0 aliphatic carbocycles. The van der Waals surface area contributed by atoms with Gasteiger partial charge in [-0.15, -0.1) is 0 Å². The van der Waals surface area contributed by atoms with Gasteiger partial charge in [0.15, 0.2) is 0 Å². The first-order valence-corrected chi connectivity index (χ1v) is 5.71. The highest BCUT2D eigenvalue weighted by Crippen LogP contribution is 2.11. The average molecular weight is 232 g/mol. The number of aryl methyl sites for hydroxylation is 2. The Bertz CT molecular complexity index is 468. The third kappa shape index (κ3) is 2.64. The second kappa shape index (κ2) is 4.57. The molecule has 2 amide bonds. The van der Waals surface area contributed by atoms with E-state index in [0.29, 0.717) is 18.5 Å². The zero-order valence-corrected chi connectivity index (χ0v) is 10.0. The van der Waals surface area contributed by atoms with Crippen molar-refractivity contribution in [2.75, 3.05) is 6.54 Å². The second-order valence-electron chi connectivity index (χ2n) is 4.50. The molecule has 2 rings (SSSR count). The summed E-state index contributed by atoms with van der Waals surface area (Å²) in [6.45, 7) is 4.43. The molecule has 2 N–H and O–H groups in total. The van der Waals surface area contributed by atoms with E-state index in [2.05, 4.69) is 10.6 Å². The lowest BCUT2D eigenvalue weighted by Crippen LogP contribution is -2.36. The molecule has 1 atom stereocenters. The molecule has 4 nitrogen and oxygen atoms in total. The van der Waals surface area contributed by atoms with Gasteiger partial charge in [-0.1, -0.05) is 17.7 Å². The van der Waals surface area contributed by atoms with Gasteiger partial charge >= 0.3 is 0 Å². The number of rotatable bonds is 2. The lowest BCUT2D eigenvalue weighted by atomic mass is 10.0. The van der Waals surface area contributed by atoms with Gasteiger partial charge in [-0.25, -0.2) is 0 Å². The van der Waals surface area contributed by atoms with Crippen molar-refractivity contribution in [1.82, 2.24) is 10.6 Å². The highest BCUT2D eigenvalue weighted by atomic mass is 16.2. The summed E-state index contributed by atoms with van der Waals surface area (Å²) in [7, 11) is 0. The molecule has 0 aromatic heterocycles. The topological polar surface area (TPSA) is 58.2 Å². The number of carbonyl (C=O) groups is 2. The van der Waals surface area contributed by atoms with Crippen LogP contribution in [0.25, 0.3) is 0 Å². The van der Waals surface area contributed by atoms with Gasteiger partial charge in [0, 0.05) is 18.5 Å². The van der Waals surface area contributed by atoms with Crippen LogP contribution in [0.15, 0.2) is 18.2 Å². The maximum atomic E-state index is 12.0. The van der Waals surface area contributed by atoms with E-state index in [0.717, 1.165) is 11.1 Å². The van der Waals surface area contributed by atoms with E-state index in [1.807, 2.05) is 32.0 Å². The number of carbonyl (C=O) groups excluding carboxylic acids is 2. The molecule has 1 aromatic rings. The molecule has 90 valence electrons. The molecule has 17 heavy (non-hydrogen) atoms. The highest BCUT2D eigenvalue weighted by Gasteiger charge is 2.23. The molecule has 0 bridgehead atoms. The fraction of sp³-hybridized carbons (Fsp3) is 0.385. The van der Waals surface area contributed by atoms with Crippen molar-refractivity contribution in [2.45, 2.75) is 26.3 Å². The van der Waals surface area contributed by atoms with Crippen molar-refractivity contribution in [2.24, 2.45) is 0 Å². The Morgan fingerprint density at radius 3 is 2.76 bits per heavy atom. The molecule has 0 saturated carbocycles. The predicted molar refractivity (Wildman–Crippen MR) is 64.8 cm³/mol. The summed E-state index contributed by atoms with van der Waals surface area (Å²) in [5, 5.41) is 5.56. The Morgan fingerprint density at radius 2 is 2.18 bits per heavy atom. The minimum atomic E-state index is -0.107. The van der Waals surface area contributed by atoms with Crippen LogP contribution in [0.2, 0.25) is 0 Å². The first-order valence-electron chi connectivity index (χ1n) is 5.71. The maximum Gasteiger partial charge on any atom is 0.251 e. The van der Waals surface area contributed by atoms with Crippen molar-refractivity contribution >= 4 is 11.8 Å². The van der Waals surface area contributed by atoms with Gasteiger partial charge in [-0.05, 0) is 25.5 Å². The summed E-state index contributed by atoms with van der Waals surface area (Å²) in [6, 6.07) is 5.63. The number of benzene rings is 1. The van der Waals surface area contributed by atoms with Crippen molar-refractivity contribution in [3.05, 3.63) is 34.9 Å². The summed E-state index contributed by atoms with van der Waals surface area (Å²) in [5.74, 6) is -0.111. The molecule has 1 aromatic carbocycles. The largest absolute Gasteiger partial charge is 0.354 e. The number of amides is 2. The fourth-order valence-corrected chi connectivity index (χ4v) is 2.04. The molecule has 0 spiro atoms. The normalized spacial score (nSPS) is 18.9. The summed E-state index contributed by atoms with van der Waals surface area (Å²) < 4.78 is 0. The third-order valence-corrected chi connectivity index (χ3v) is 2.94. The number of hydrogen-bond donors (Lipinski definition) is 2. The van der Waals surface area contributed by atoms with Gasteiger partial charge in [0.25, 0.3) is 5.91 Å². The van der Waals surface area contributed by atoms with E-state index in [4.69, 9.17) is 0 Å². The second-order valence-corrected chi connectivity index (χ2v) is 4.50. The summed E-state index contributed by atoms with van der Waals surface area (Å²) in [5.41, 5.74) is 2.77. The molecule has 1 unspecified atom stereocenters. The highest BCUT2D eigenvalue weighted by molar-refractivity contribution is 5.96. The molecule has 4 heteroatoms. The Balaban J connectivity index is 2.07. The number of nitrogens with one attached hydrogen (secondary N) is 2. The van der Waals surface area contributed by atoms with Crippen LogP contribution in [0.1, 0.15) is 27.9 Å². The molecule has 1 aliphatic heterocycles. The zero-order chi connectivity index (χ0) is 12.4. The quantitative estimate of drug-likeness (QED) is 0.796. The van der Waals surface area contributed by atoms with Crippen LogP contribution in [0.5, 0.6) is 0 Å². The SMILES string of the molecule is Cc1ccc(C(=O)NC2CNC(=O)C2)c(C)c1. The maximum absolute atomic E-state index is 12.0. The van der Waals surface area contributed by atoms with Crippen LogP contribution in [-0.4, -0.2) is 24.4 Å². The molecular formula is C13H16N2O2. The lowest BCUT2D eigenvalue weighted by molar-refractivity contribution is -0.119. The van der Waals surface area contributed by atoms with Crippen molar-refractivity contribution in [1.29, 1.82) is 0 Å². The molecule has 1 saturated heterocycles. The van der Waals surface area contributed by atoms with Gasteiger partial charge in [-0.2, -0.15) is 0 Å². The van der Waals surface area contributed by atoms with Crippen molar-refractivity contribution in [3.63, 3.8) is 0 Å². The molecule has 0 radical (unpaired) electrons. The van der Waals surface area contributed by atoms with Crippen LogP contribution >= 0.6 is 0 Å². The van der Waals surface area contributed by atoms with E-state index in [9.17, 15) is 9.59 Å². The fourth-order valence-electron chi connectivity index (χ4n) is 2.04. The number of hydrogen-bond acceptors (Lipinski definition) is 2. The van der Waals surface area contributed by atoms with Gasteiger partial charge in [0.2, 0.25) is 5.91 Å². The van der Waals surface area contributed by atoms with Crippen molar-refractivity contribution in [3.8, 4) is 0 Å². The van der Waals surface area contributed by atoms with Gasteiger partial charge in [0.1, 0.15) is 0 Å². The monoisotopic (exact) mass is 232 g/mol. The predicted octanol–water partition coefficient (Wildman–Crippen LogP) is 0.922. The minimum absolute atomic E-state index is 0.00377. The Morgan fingerprint density at radius 1 is 1.41 bits per heavy atom. The van der Waals surface area contributed by atoms with E-state index < -0.39 is 0 Å². The Labute approximate surface area is 100 Å². The standard InChI is InChI=1S/C13H16N2O2/c1-8-3-4-11(9(2)5-8)13(17)15-10-6-12(16)14-7-10/h3-5,10H,6-7H2,1-2H3,(H,14,16)(H,15,17). The van der Waals surface area contributed by atoms with Gasteiger partial charge < -0.3 is 10.6 Å². The minimum Gasteiger partial charge on any atom is -0.354 e. The summed E-state index contributed by atoms with van der Waals surface area (Å²) in [4.78, 5) is 23.0. The summed E-state index contributed by atoms with van der Waals surface area (Å²) in [6.07, 6.45) is 0.372. The Hall–Kier alpha value is -1.84. The van der Waals surface area contributed by atoms with Crippen LogP contribution in [0, 0.1) is 13.8 Å². The van der Waals surface area contributed by atoms with E-state index in [-0.39, 0.29) is 17.9 Å². The van der Waals surface area contributed by atoms with E-state index in [1.54, 1.807) is 0 Å². The van der Waals surface area contributed by atoms with E-state index >= 15 is 0 Å². The first kappa shape index (κ1) is 11.6.